The summed E-state index contributed by atoms with van der Waals surface area (Å²) < 4.78 is 0. The van der Waals surface area contributed by atoms with Crippen LogP contribution in [0, 0.1) is 40.4 Å². The molecule has 6 aliphatic rings. The van der Waals surface area contributed by atoms with Crippen LogP contribution >= 0.6 is 0 Å². The summed E-state index contributed by atoms with van der Waals surface area (Å²) in [5.41, 5.74) is 1.70. The minimum atomic E-state index is -0.246. The third-order valence-electron chi connectivity index (χ3n) is 10.0. The van der Waals surface area contributed by atoms with E-state index < -0.39 is 0 Å². The van der Waals surface area contributed by atoms with Gasteiger partial charge in [0.15, 0.2) is 0 Å². The lowest BCUT2D eigenvalue weighted by Crippen LogP contribution is -2.49. The van der Waals surface area contributed by atoms with Crippen LogP contribution in [0.5, 0.6) is 0 Å². The summed E-state index contributed by atoms with van der Waals surface area (Å²) in [7, 11) is 0. The summed E-state index contributed by atoms with van der Waals surface area (Å²) in [5, 5.41) is 3.14. The number of nitrogens with one attached hydrogen (secondary N) is 2. The molecule has 1 aliphatic heterocycles. The van der Waals surface area contributed by atoms with Gasteiger partial charge in [-0.2, -0.15) is 0 Å². The lowest BCUT2D eigenvalue weighted by molar-refractivity contribution is -0.0347. The number of fused-ring (bicyclic) bond motifs is 2. The molecule has 6 bridgehead atoms. The molecule has 5 saturated carbocycles. The Balaban J connectivity index is 1.08. The second kappa shape index (κ2) is 7.69. The highest BCUT2D eigenvalue weighted by Gasteiger charge is 2.50. The SMILES string of the molecule is CC1(C)CC2CC(C)(CN2Cc2ccc(C(=O)NCC3C4CC5CC(C4)CC3C5)c(=O)[nH]2)C1. The zero-order chi connectivity index (χ0) is 23.0. The minimum absolute atomic E-state index is 0.206. The predicted molar refractivity (Wildman–Crippen MR) is 130 cm³/mol. The van der Waals surface area contributed by atoms with Gasteiger partial charge in [-0.05, 0) is 104 Å². The van der Waals surface area contributed by atoms with E-state index in [1.165, 1.54) is 51.4 Å². The monoisotopic (exact) mass is 451 g/mol. The Morgan fingerprint density at radius 3 is 2.42 bits per heavy atom. The summed E-state index contributed by atoms with van der Waals surface area (Å²) in [6.07, 6.45) is 10.6. The van der Waals surface area contributed by atoms with Crippen LogP contribution < -0.4 is 10.9 Å². The number of nitrogens with zero attached hydrogens (tertiary/aromatic N) is 1. The Labute approximate surface area is 198 Å². The van der Waals surface area contributed by atoms with Crippen LogP contribution in [-0.4, -0.2) is 34.9 Å². The number of aromatic nitrogens is 1. The molecule has 180 valence electrons. The number of rotatable bonds is 5. The molecule has 5 aliphatic carbocycles. The lowest BCUT2D eigenvalue weighted by atomic mass is 9.52. The van der Waals surface area contributed by atoms with Gasteiger partial charge in [0, 0.05) is 31.4 Å². The fourth-order valence-corrected chi connectivity index (χ4v) is 9.44. The molecule has 0 radical (unpaired) electrons. The van der Waals surface area contributed by atoms with Crippen LogP contribution in [-0.2, 0) is 6.54 Å². The molecule has 1 amide bonds. The lowest BCUT2D eigenvalue weighted by Gasteiger charge is -2.54. The van der Waals surface area contributed by atoms with Crippen LogP contribution in [0.4, 0.5) is 0 Å². The summed E-state index contributed by atoms with van der Waals surface area (Å²) in [5.74, 6) is 3.86. The van der Waals surface area contributed by atoms with Gasteiger partial charge in [0.2, 0.25) is 0 Å². The second-order valence-corrected chi connectivity index (χ2v) is 13.6. The first-order valence-electron chi connectivity index (χ1n) is 13.4. The highest BCUT2D eigenvalue weighted by atomic mass is 16.2. The molecule has 5 heteroatoms. The smallest absolute Gasteiger partial charge is 0.261 e. The van der Waals surface area contributed by atoms with Crippen molar-refractivity contribution < 1.29 is 4.79 Å². The van der Waals surface area contributed by atoms with Crippen molar-refractivity contribution in [1.29, 1.82) is 0 Å². The molecular weight excluding hydrogens is 410 g/mol. The highest BCUT2D eigenvalue weighted by Crippen LogP contribution is 2.56. The van der Waals surface area contributed by atoms with Crippen LogP contribution in [0.2, 0.25) is 0 Å². The van der Waals surface area contributed by atoms with Crippen LogP contribution in [0.3, 0.4) is 0 Å². The maximum atomic E-state index is 12.9. The quantitative estimate of drug-likeness (QED) is 0.689. The van der Waals surface area contributed by atoms with Gasteiger partial charge in [-0.25, -0.2) is 0 Å². The van der Waals surface area contributed by atoms with Gasteiger partial charge in [-0.1, -0.05) is 20.8 Å². The third kappa shape index (κ3) is 4.09. The standard InChI is InChI=1S/C28H41N3O2/c1-27(2)11-22-12-28(3,15-27)16-31(22)14-21-4-5-23(26(33)30-21)25(32)29-13-24-19-7-17-6-18(9-19)10-20(24)8-17/h4-5,17-20,22,24H,6-16H2,1-3H3,(H,29,32)(H,30,33). The summed E-state index contributed by atoms with van der Waals surface area (Å²) >= 11 is 0. The summed E-state index contributed by atoms with van der Waals surface area (Å²) in [4.78, 5) is 31.3. The molecule has 5 nitrogen and oxygen atoms in total. The number of H-pyrrole nitrogens is 1. The molecule has 33 heavy (non-hydrogen) atoms. The molecular formula is C28H41N3O2. The molecule has 0 spiro atoms. The summed E-state index contributed by atoms with van der Waals surface area (Å²) in [6.45, 7) is 9.79. The van der Waals surface area contributed by atoms with Crippen molar-refractivity contribution in [2.45, 2.75) is 84.7 Å². The molecule has 0 aromatic carbocycles. The predicted octanol–water partition coefficient (Wildman–Crippen LogP) is 4.58. The molecule has 2 N–H and O–H groups in total. The van der Waals surface area contributed by atoms with Gasteiger partial charge >= 0.3 is 0 Å². The van der Waals surface area contributed by atoms with E-state index in [1.807, 2.05) is 6.07 Å². The Kier molecular flexibility index (Phi) is 5.10. The molecule has 2 atom stereocenters. The number of hydrogen-bond acceptors (Lipinski definition) is 3. The second-order valence-electron chi connectivity index (χ2n) is 13.6. The third-order valence-corrected chi connectivity index (χ3v) is 10.0. The van der Waals surface area contributed by atoms with Crippen molar-refractivity contribution in [3.63, 3.8) is 0 Å². The van der Waals surface area contributed by atoms with Gasteiger partial charge in [0.05, 0.1) is 0 Å². The molecule has 7 rings (SSSR count). The van der Waals surface area contributed by atoms with Gasteiger partial charge in [-0.15, -0.1) is 0 Å². The van der Waals surface area contributed by atoms with Crippen LogP contribution in [0.25, 0.3) is 0 Å². The number of likely N-dealkylation sites (tertiary alicyclic amines) is 1. The minimum Gasteiger partial charge on any atom is -0.352 e. The first-order valence-corrected chi connectivity index (χ1v) is 13.4. The first-order chi connectivity index (χ1) is 15.7. The van der Waals surface area contributed by atoms with Crippen LogP contribution in [0.15, 0.2) is 16.9 Å². The molecule has 6 fully saturated rings. The normalized spacial score (nSPS) is 40.8. The van der Waals surface area contributed by atoms with Crippen molar-refractivity contribution in [3.8, 4) is 0 Å². The maximum Gasteiger partial charge on any atom is 0.261 e. The Hall–Kier alpha value is -1.62. The van der Waals surface area contributed by atoms with Crippen molar-refractivity contribution >= 4 is 5.91 Å². The average molecular weight is 452 g/mol. The number of carbonyl (C=O) groups excluding carboxylic acids is 1. The van der Waals surface area contributed by atoms with E-state index in [1.54, 1.807) is 6.07 Å². The zero-order valence-corrected chi connectivity index (χ0v) is 20.7. The average Bonchev–Trinajstić information content (AvgIpc) is 2.94. The van der Waals surface area contributed by atoms with Crippen molar-refractivity contribution in [1.82, 2.24) is 15.2 Å². The van der Waals surface area contributed by atoms with Gasteiger partial charge in [-0.3, -0.25) is 14.5 Å². The van der Waals surface area contributed by atoms with E-state index in [0.29, 0.717) is 22.8 Å². The van der Waals surface area contributed by atoms with Gasteiger partial charge in [0.25, 0.3) is 11.5 Å². The molecule has 1 saturated heterocycles. The van der Waals surface area contributed by atoms with Gasteiger partial charge < -0.3 is 10.3 Å². The number of pyridine rings is 1. The topological polar surface area (TPSA) is 65.2 Å². The first kappa shape index (κ1) is 21.9. The van der Waals surface area contributed by atoms with E-state index in [9.17, 15) is 9.59 Å². The van der Waals surface area contributed by atoms with E-state index in [0.717, 1.165) is 49.0 Å². The number of hydrogen-bond donors (Lipinski definition) is 2. The highest BCUT2D eigenvalue weighted by molar-refractivity contribution is 5.93. The van der Waals surface area contributed by atoms with E-state index in [2.05, 4.69) is 36.0 Å². The maximum absolute atomic E-state index is 12.9. The van der Waals surface area contributed by atoms with Crippen molar-refractivity contribution in [2.24, 2.45) is 40.4 Å². The summed E-state index contributed by atoms with van der Waals surface area (Å²) in [6, 6.07) is 4.29. The number of carbonyl (C=O) groups is 1. The molecule has 1 aromatic heterocycles. The Morgan fingerprint density at radius 1 is 1.06 bits per heavy atom. The Bertz CT molecular complexity index is 969. The number of amides is 1. The van der Waals surface area contributed by atoms with E-state index in [4.69, 9.17) is 0 Å². The Morgan fingerprint density at radius 2 is 1.76 bits per heavy atom. The van der Waals surface area contributed by atoms with Gasteiger partial charge in [0.1, 0.15) is 5.56 Å². The van der Waals surface area contributed by atoms with E-state index in [-0.39, 0.29) is 17.0 Å². The van der Waals surface area contributed by atoms with Crippen molar-refractivity contribution in [2.75, 3.05) is 13.1 Å². The fourth-order valence-electron chi connectivity index (χ4n) is 9.44. The molecule has 2 heterocycles. The molecule has 2 unspecified atom stereocenters. The largest absolute Gasteiger partial charge is 0.352 e. The number of aromatic amines is 1. The molecule has 1 aromatic rings. The fraction of sp³-hybridized carbons (Fsp3) is 0.786. The zero-order valence-electron chi connectivity index (χ0n) is 20.7. The van der Waals surface area contributed by atoms with Crippen LogP contribution in [0.1, 0.15) is 88.2 Å². The van der Waals surface area contributed by atoms with E-state index >= 15 is 0 Å². The van der Waals surface area contributed by atoms with Crippen molar-refractivity contribution in [3.05, 3.63) is 33.7 Å².